The van der Waals surface area contributed by atoms with Crippen molar-refractivity contribution in [2.75, 3.05) is 5.32 Å². The third-order valence-corrected chi connectivity index (χ3v) is 3.63. The van der Waals surface area contributed by atoms with Gasteiger partial charge in [-0.3, -0.25) is 9.59 Å². The number of hydrogen-bond donors (Lipinski definition) is 2. The summed E-state index contributed by atoms with van der Waals surface area (Å²) in [5.74, 6) is -1.67. The van der Waals surface area contributed by atoms with Crippen LogP contribution in [0.25, 0.3) is 0 Å². The highest BCUT2D eigenvalue weighted by atomic mass is 19.1. The second-order valence-electron chi connectivity index (χ2n) is 5.55. The van der Waals surface area contributed by atoms with Crippen LogP contribution in [0, 0.1) is 17.1 Å². The Bertz CT molecular complexity index is 879. The summed E-state index contributed by atoms with van der Waals surface area (Å²) in [6.45, 7) is 1.82. The summed E-state index contributed by atoms with van der Waals surface area (Å²) in [6.07, 6.45) is 0.839. The number of carbonyl (C=O) groups is 2. The van der Waals surface area contributed by atoms with E-state index >= 15 is 0 Å². The molecule has 0 heterocycles. The fraction of sp³-hybridized carbons (Fsp3) is 0.150. The fourth-order valence-electron chi connectivity index (χ4n) is 2.27. The maximum atomic E-state index is 12.9. The van der Waals surface area contributed by atoms with Gasteiger partial charge in [-0.15, -0.1) is 0 Å². The Hall–Kier alpha value is -3.46. The summed E-state index contributed by atoms with van der Waals surface area (Å²) < 4.78 is 12.9. The molecule has 0 saturated heterocycles. The van der Waals surface area contributed by atoms with Gasteiger partial charge in [0.1, 0.15) is 17.6 Å². The van der Waals surface area contributed by atoms with E-state index in [1.54, 1.807) is 6.07 Å². The van der Waals surface area contributed by atoms with E-state index in [4.69, 9.17) is 5.26 Å². The molecule has 0 radical (unpaired) electrons. The van der Waals surface area contributed by atoms with Gasteiger partial charge in [-0.25, -0.2) is 4.39 Å². The van der Waals surface area contributed by atoms with E-state index in [9.17, 15) is 19.1 Å². The summed E-state index contributed by atoms with van der Waals surface area (Å²) in [4.78, 5) is 24.4. The molecule has 26 heavy (non-hydrogen) atoms. The van der Waals surface area contributed by atoms with E-state index < -0.39 is 11.7 Å². The van der Waals surface area contributed by atoms with Gasteiger partial charge in [0.15, 0.2) is 11.4 Å². The van der Waals surface area contributed by atoms with E-state index in [0.29, 0.717) is 23.2 Å². The monoisotopic (exact) mass is 352 g/mol. The lowest BCUT2D eigenvalue weighted by Gasteiger charge is -2.07. The number of amides is 1. The third kappa shape index (κ3) is 4.54. The molecule has 1 amide bonds. The average molecular weight is 352 g/mol. The average Bonchev–Trinajstić information content (AvgIpc) is 2.63. The first-order valence-corrected chi connectivity index (χ1v) is 8.00. The number of halogens is 1. The number of rotatable bonds is 6. The highest BCUT2D eigenvalue weighted by Crippen LogP contribution is 2.16. The summed E-state index contributed by atoms with van der Waals surface area (Å²) in [5, 5.41) is 21.3. The molecular weight excluding hydrogens is 335 g/mol. The molecule has 5 nitrogen and oxygen atoms in total. The quantitative estimate of drug-likeness (QED) is 0.354. The Morgan fingerprint density at radius 1 is 1.08 bits per heavy atom. The number of nitrogens with zero attached hydrogens (tertiary/aromatic N) is 1. The summed E-state index contributed by atoms with van der Waals surface area (Å²) in [7, 11) is 0. The van der Waals surface area contributed by atoms with E-state index in [2.05, 4.69) is 5.32 Å². The smallest absolute Gasteiger partial charge is 0.269 e. The number of benzene rings is 2. The molecule has 6 heteroatoms. The van der Waals surface area contributed by atoms with Crippen LogP contribution < -0.4 is 5.32 Å². The highest BCUT2D eigenvalue weighted by Gasteiger charge is 2.15. The minimum atomic E-state index is -0.712. The second kappa shape index (κ2) is 8.58. The van der Waals surface area contributed by atoms with Crippen molar-refractivity contribution >= 4 is 17.4 Å². The normalized spacial score (nSPS) is 11.3. The number of carbonyl (C=O) groups excluding carboxylic acids is 2. The van der Waals surface area contributed by atoms with Crippen molar-refractivity contribution in [2.24, 2.45) is 0 Å². The number of nitriles is 1. The van der Waals surface area contributed by atoms with E-state index in [0.717, 1.165) is 0 Å². The summed E-state index contributed by atoms with van der Waals surface area (Å²) in [5.41, 5.74) is 0.767. The summed E-state index contributed by atoms with van der Waals surface area (Å²) in [6, 6.07) is 13.0. The van der Waals surface area contributed by atoms with Crippen LogP contribution in [0.4, 0.5) is 10.1 Å². The number of nitrogens with one attached hydrogen (secondary N) is 1. The molecule has 2 N–H and O–H groups in total. The van der Waals surface area contributed by atoms with E-state index in [-0.39, 0.29) is 23.5 Å². The molecule has 0 aromatic heterocycles. The van der Waals surface area contributed by atoms with Crippen LogP contribution in [0.5, 0.6) is 0 Å². The zero-order valence-corrected chi connectivity index (χ0v) is 14.1. The topological polar surface area (TPSA) is 90.2 Å². The van der Waals surface area contributed by atoms with E-state index in [1.807, 2.05) is 6.92 Å². The molecular formula is C20H17FN2O3. The lowest BCUT2D eigenvalue weighted by atomic mass is 10.0. The van der Waals surface area contributed by atoms with Crippen LogP contribution in [0.2, 0.25) is 0 Å². The standard InChI is InChI=1S/C20H17FN2O3/c1-2-3-18(24)17(12-22)20(26)23-16-10-6-14(7-11-16)19(25)13-4-8-15(21)9-5-13/h4-11,24H,2-3H2,1H3,(H,23,26)/b18-17-. The molecule has 0 fully saturated rings. The van der Waals surface area contributed by atoms with Gasteiger partial charge in [-0.2, -0.15) is 5.26 Å². The van der Waals surface area contributed by atoms with Crippen molar-refractivity contribution in [1.82, 2.24) is 0 Å². The Labute approximate surface area is 150 Å². The van der Waals surface area contributed by atoms with Crippen molar-refractivity contribution in [3.8, 4) is 6.07 Å². The molecule has 0 aliphatic rings. The van der Waals surface area contributed by atoms with Crippen molar-refractivity contribution in [3.63, 3.8) is 0 Å². The molecule has 132 valence electrons. The zero-order valence-electron chi connectivity index (χ0n) is 14.1. The molecule has 0 aliphatic carbocycles. The maximum absolute atomic E-state index is 12.9. The van der Waals surface area contributed by atoms with Crippen LogP contribution in [0.15, 0.2) is 59.9 Å². The van der Waals surface area contributed by atoms with Crippen molar-refractivity contribution in [1.29, 1.82) is 5.26 Å². The first-order valence-electron chi connectivity index (χ1n) is 8.00. The first-order chi connectivity index (χ1) is 12.5. The molecule has 0 spiro atoms. The van der Waals surface area contributed by atoms with Crippen LogP contribution >= 0.6 is 0 Å². The molecule has 0 atom stereocenters. The van der Waals surface area contributed by atoms with Gasteiger partial charge in [-0.05, 0) is 55.0 Å². The van der Waals surface area contributed by atoms with Crippen molar-refractivity contribution in [2.45, 2.75) is 19.8 Å². The lowest BCUT2D eigenvalue weighted by Crippen LogP contribution is -2.15. The third-order valence-electron chi connectivity index (χ3n) is 3.63. The van der Waals surface area contributed by atoms with Gasteiger partial charge >= 0.3 is 0 Å². The molecule has 0 aliphatic heterocycles. The molecule has 2 aromatic rings. The number of hydrogen-bond acceptors (Lipinski definition) is 4. The van der Waals surface area contributed by atoms with Gasteiger partial charge < -0.3 is 10.4 Å². The Kier molecular flexibility index (Phi) is 6.23. The number of ketones is 1. The lowest BCUT2D eigenvalue weighted by molar-refractivity contribution is -0.112. The Balaban J connectivity index is 2.13. The van der Waals surface area contributed by atoms with Crippen LogP contribution in [0.3, 0.4) is 0 Å². The minimum Gasteiger partial charge on any atom is -0.511 e. The number of allylic oxidation sites excluding steroid dienone is 1. The van der Waals surface area contributed by atoms with Gasteiger partial charge in [0.05, 0.1) is 0 Å². The van der Waals surface area contributed by atoms with Gasteiger partial charge in [0, 0.05) is 23.2 Å². The molecule has 2 aromatic carbocycles. The van der Waals surface area contributed by atoms with Crippen molar-refractivity contribution in [3.05, 3.63) is 76.8 Å². The molecule has 0 saturated carbocycles. The molecule has 0 unspecified atom stereocenters. The van der Waals surface area contributed by atoms with Crippen LogP contribution in [-0.4, -0.2) is 16.8 Å². The van der Waals surface area contributed by atoms with Crippen molar-refractivity contribution < 1.29 is 19.1 Å². The second-order valence-corrected chi connectivity index (χ2v) is 5.55. The zero-order chi connectivity index (χ0) is 19.1. The molecule has 0 bridgehead atoms. The Morgan fingerprint density at radius 3 is 2.12 bits per heavy atom. The van der Waals surface area contributed by atoms with Gasteiger partial charge in [0.2, 0.25) is 0 Å². The number of aliphatic hydroxyl groups is 1. The Morgan fingerprint density at radius 2 is 1.62 bits per heavy atom. The fourth-order valence-corrected chi connectivity index (χ4v) is 2.27. The predicted octanol–water partition coefficient (Wildman–Crippen LogP) is 4.13. The van der Waals surface area contributed by atoms with E-state index in [1.165, 1.54) is 48.5 Å². The first kappa shape index (κ1) is 18.9. The van der Waals surface area contributed by atoms with Crippen LogP contribution in [0.1, 0.15) is 35.7 Å². The minimum absolute atomic E-state index is 0.238. The number of anilines is 1. The van der Waals surface area contributed by atoms with Gasteiger partial charge in [-0.1, -0.05) is 6.92 Å². The highest BCUT2D eigenvalue weighted by molar-refractivity contribution is 6.10. The maximum Gasteiger partial charge on any atom is 0.269 e. The molecule has 2 rings (SSSR count). The SMILES string of the molecule is CCC/C(O)=C(\C#N)C(=O)Nc1ccc(C(=O)c2ccc(F)cc2)cc1. The predicted molar refractivity (Wildman–Crippen MR) is 95.1 cm³/mol. The van der Waals surface area contributed by atoms with Crippen LogP contribution in [-0.2, 0) is 4.79 Å². The largest absolute Gasteiger partial charge is 0.511 e. The summed E-state index contributed by atoms with van der Waals surface area (Å²) >= 11 is 0. The number of aliphatic hydroxyl groups excluding tert-OH is 1. The van der Waals surface area contributed by atoms with Gasteiger partial charge in [0.25, 0.3) is 5.91 Å².